The summed E-state index contributed by atoms with van der Waals surface area (Å²) in [4.78, 5) is 40.5. The number of amides is 1. The van der Waals surface area contributed by atoms with E-state index in [0.717, 1.165) is 42.0 Å². The molecule has 1 aliphatic carbocycles. The summed E-state index contributed by atoms with van der Waals surface area (Å²) < 4.78 is 32.9. The van der Waals surface area contributed by atoms with Crippen molar-refractivity contribution in [1.29, 1.82) is 0 Å². The first-order valence-electron chi connectivity index (χ1n) is 14.2. The number of carboxylic acid groups (broad SMARTS) is 1. The number of hydrogen-bond donors (Lipinski definition) is 3. The Morgan fingerprint density at radius 3 is 2.50 bits per heavy atom. The predicted molar refractivity (Wildman–Crippen MR) is 162 cm³/mol. The van der Waals surface area contributed by atoms with Crippen LogP contribution in [-0.2, 0) is 26.0 Å². The average Bonchev–Trinajstić information content (AvgIpc) is 2.99. The van der Waals surface area contributed by atoms with Gasteiger partial charge in [-0.2, -0.15) is 4.72 Å². The van der Waals surface area contributed by atoms with E-state index in [9.17, 15) is 27.9 Å². The molecule has 3 N–H and O–H groups in total. The van der Waals surface area contributed by atoms with E-state index in [0.29, 0.717) is 24.0 Å². The van der Waals surface area contributed by atoms with Crippen LogP contribution in [0.3, 0.4) is 0 Å². The van der Waals surface area contributed by atoms with Gasteiger partial charge in [-0.3, -0.25) is 19.1 Å². The van der Waals surface area contributed by atoms with Crippen molar-refractivity contribution in [3.63, 3.8) is 0 Å². The summed E-state index contributed by atoms with van der Waals surface area (Å²) in [6, 6.07) is 17.7. The lowest BCUT2D eigenvalue weighted by Crippen LogP contribution is -2.59. The maximum Gasteiger partial charge on any atom is 0.306 e. The molecule has 222 valence electrons. The average molecular weight is 610 g/mol. The fourth-order valence-corrected chi connectivity index (χ4v) is 8.07. The molecule has 0 radical (unpaired) electrons. The summed E-state index contributed by atoms with van der Waals surface area (Å²) in [5.41, 5.74) is 1.07. The van der Waals surface area contributed by atoms with Crippen molar-refractivity contribution in [2.75, 3.05) is 13.6 Å². The molecule has 0 spiro atoms. The van der Waals surface area contributed by atoms with Crippen molar-refractivity contribution in [1.82, 2.24) is 14.3 Å². The van der Waals surface area contributed by atoms with Gasteiger partial charge < -0.3 is 10.0 Å². The quantitative estimate of drug-likeness (QED) is 0.307. The van der Waals surface area contributed by atoms with E-state index in [1.165, 1.54) is 6.07 Å². The molecule has 4 atom stereocenters. The number of nitrogens with zero attached hydrogens (tertiary/aromatic N) is 1. The van der Waals surface area contributed by atoms with Gasteiger partial charge >= 0.3 is 5.97 Å². The lowest BCUT2D eigenvalue weighted by molar-refractivity contribution is -0.154. The number of hydrogen-bond acceptors (Lipinski definition) is 7. The van der Waals surface area contributed by atoms with Crippen LogP contribution >= 0.6 is 11.9 Å². The number of sulfonamides is 1. The second kappa shape index (κ2) is 12.9. The van der Waals surface area contributed by atoms with Crippen molar-refractivity contribution in [3.8, 4) is 0 Å². The smallest absolute Gasteiger partial charge is 0.306 e. The third-order valence-electron chi connectivity index (χ3n) is 8.40. The Kier molecular flexibility index (Phi) is 9.32. The Hall–Kier alpha value is -3.25. The highest BCUT2D eigenvalue weighted by Gasteiger charge is 2.45. The molecule has 1 aliphatic heterocycles. The SMILES string of the molecule is CNSC(=O)c1cccc(C[C@H](NS(=O)(=O)c2ccc3ccccc3c2)C(=O)N2CCC(C(=O)O)C3CCCCC32)c1. The molecule has 9 nitrogen and oxygen atoms in total. The molecule has 2 aliphatic rings. The molecule has 3 aromatic rings. The minimum absolute atomic E-state index is 0.0350. The van der Waals surface area contributed by atoms with Crippen LogP contribution in [0.4, 0.5) is 0 Å². The maximum atomic E-state index is 14.2. The summed E-state index contributed by atoms with van der Waals surface area (Å²) in [6.07, 6.45) is 3.58. The van der Waals surface area contributed by atoms with E-state index in [1.807, 2.05) is 24.3 Å². The Balaban J connectivity index is 1.47. The van der Waals surface area contributed by atoms with Crippen LogP contribution in [0.2, 0.25) is 0 Å². The van der Waals surface area contributed by atoms with Gasteiger partial charge in [0.2, 0.25) is 21.0 Å². The van der Waals surface area contributed by atoms with E-state index in [1.54, 1.807) is 48.3 Å². The predicted octanol–water partition coefficient (Wildman–Crippen LogP) is 4.23. The zero-order valence-electron chi connectivity index (χ0n) is 23.4. The topological polar surface area (TPSA) is 133 Å². The van der Waals surface area contributed by atoms with E-state index in [2.05, 4.69) is 9.44 Å². The molecule has 1 amide bonds. The number of carboxylic acids is 1. The van der Waals surface area contributed by atoms with Crippen molar-refractivity contribution < 1.29 is 27.9 Å². The molecule has 2 fully saturated rings. The van der Waals surface area contributed by atoms with Gasteiger partial charge in [-0.15, -0.1) is 0 Å². The number of carbonyl (C=O) groups excluding carboxylic acids is 2. The zero-order valence-corrected chi connectivity index (χ0v) is 25.0. The lowest BCUT2D eigenvalue weighted by atomic mass is 9.71. The normalized spacial score (nSPS) is 21.5. The van der Waals surface area contributed by atoms with Gasteiger partial charge in [0.05, 0.1) is 10.8 Å². The van der Waals surface area contributed by atoms with Crippen molar-refractivity contribution in [3.05, 3.63) is 77.9 Å². The number of rotatable bonds is 9. The van der Waals surface area contributed by atoms with Crippen LogP contribution in [-0.4, -0.2) is 61.1 Å². The summed E-state index contributed by atoms with van der Waals surface area (Å²) in [5, 5.41) is 11.3. The Bertz CT molecular complexity index is 1590. The number of aliphatic carboxylic acids is 1. The van der Waals surface area contributed by atoms with Gasteiger partial charge in [0.15, 0.2) is 0 Å². The third kappa shape index (κ3) is 6.54. The highest BCUT2D eigenvalue weighted by atomic mass is 32.2. The van der Waals surface area contributed by atoms with E-state index >= 15 is 0 Å². The minimum Gasteiger partial charge on any atom is -0.481 e. The maximum absolute atomic E-state index is 14.2. The first-order chi connectivity index (χ1) is 20.2. The van der Waals surface area contributed by atoms with Crippen LogP contribution in [0.5, 0.6) is 0 Å². The molecular weight excluding hydrogens is 574 g/mol. The molecule has 3 unspecified atom stereocenters. The molecular formula is C31H35N3O6S2. The molecule has 3 aromatic carbocycles. The number of carbonyl (C=O) groups is 3. The summed E-state index contributed by atoms with van der Waals surface area (Å²) in [7, 11) is -2.47. The Morgan fingerprint density at radius 2 is 1.74 bits per heavy atom. The van der Waals surface area contributed by atoms with Gasteiger partial charge in [-0.05, 0) is 85.1 Å². The molecule has 5 rings (SSSR count). The highest BCUT2D eigenvalue weighted by molar-refractivity contribution is 8.12. The largest absolute Gasteiger partial charge is 0.481 e. The van der Waals surface area contributed by atoms with Crippen LogP contribution in [0, 0.1) is 11.8 Å². The number of nitrogens with one attached hydrogen (secondary N) is 2. The van der Waals surface area contributed by atoms with E-state index in [4.69, 9.17) is 0 Å². The molecule has 1 saturated heterocycles. The fourth-order valence-electron chi connectivity index (χ4n) is 6.42. The number of benzene rings is 3. The van der Waals surface area contributed by atoms with Gasteiger partial charge in [0.25, 0.3) is 0 Å². The van der Waals surface area contributed by atoms with Crippen LogP contribution in [0.25, 0.3) is 10.8 Å². The zero-order chi connectivity index (χ0) is 29.9. The van der Waals surface area contributed by atoms with Gasteiger partial charge in [-0.1, -0.05) is 61.4 Å². The number of piperidine rings is 1. The van der Waals surface area contributed by atoms with Crippen LogP contribution in [0.1, 0.15) is 48.0 Å². The Labute approximate surface area is 250 Å². The van der Waals surface area contributed by atoms with Crippen molar-refractivity contribution >= 4 is 49.7 Å². The number of fused-ring (bicyclic) bond motifs is 2. The van der Waals surface area contributed by atoms with Crippen LogP contribution < -0.4 is 9.44 Å². The van der Waals surface area contributed by atoms with Gasteiger partial charge in [0.1, 0.15) is 6.04 Å². The molecule has 42 heavy (non-hydrogen) atoms. The summed E-state index contributed by atoms with van der Waals surface area (Å²) in [6.45, 7) is 0.252. The highest BCUT2D eigenvalue weighted by Crippen LogP contribution is 2.39. The molecule has 0 aromatic heterocycles. The van der Waals surface area contributed by atoms with E-state index < -0.39 is 28.0 Å². The van der Waals surface area contributed by atoms with Crippen LogP contribution in [0.15, 0.2) is 71.6 Å². The minimum atomic E-state index is -4.12. The third-order valence-corrected chi connectivity index (χ3v) is 10.5. The summed E-state index contributed by atoms with van der Waals surface area (Å²) in [5.74, 6) is -1.89. The standard InChI is InChI=1S/C31H35N3O6S2/c1-32-41-31(38)23-10-6-7-20(17-23)18-27(33-42(39,40)24-14-13-21-8-2-3-9-22(21)19-24)29(35)34-16-15-26(30(36)37)25-11-4-5-12-28(25)34/h2-3,6-10,13-14,17,19,25-28,32-33H,4-5,11-12,15-16,18H2,1H3,(H,36,37)/t25?,26?,27-,28?/m0/s1. The monoisotopic (exact) mass is 609 g/mol. The van der Waals surface area contributed by atoms with Gasteiger partial charge in [-0.25, -0.2) is 8.42 Å². The molecule has 0 bridgehead atoms. The molecule has 1 saturated carbocycles. The van der Waals surface area contributed by atoms with E-state index in [-0.39, 0.29) is 40.8 Å². The Morgan fingerprint density at radius 1 is 0.976 bits per heavy atom. The van der Waals surface area contributed by atoms with Crippen molar-refractivity contribution in [2.45, 2.75) is 55.5 Å². The fraction of sp³-hybridized carbons (Fsp3) is 0.387. The van der Waals surface area contributed by atoms with Crippen molar-refractivity contribution in [2.24, 2.45) is 11.8 Å². The first kappa shape index (κ1) is 30.2. The second-order valence-electron chi connectivity index (χ2n) is 11.0. The second-order valence-corrected chi connectivity index (χ2v) is 13.7. The lowest BCUT2D eigenvalue weighted by Gasteiger charge is -2.47. The first-order valence-corrected chi connectivity index (χ1v) is 16.5. The number of likely N-dealkylation sites (tertiary alicyclic amines) is 1. The van der Waals surface area contributed by atoms with Gasteiger partial charge in [0, 0.05) is 18.2 Å². The summed E-state index contributed by atoms with van der Waals surface area (Å²) >= 11 is 0.940. The molecule has 1 heterocycles. The molecule has 11 heteroatoms.